The molecule has 1 heterocycles. The summed E-state index contributed by atoms with van der Waals surface area (Å²) in [6.45, 7) is 5.74. The Bertz CT molecular complexity index is 300. The van der Waals surface area contributed by atoms with Gasteiger partial charge in [0.2, 0.25) is 0 Å². The zero-order valence-electron chi connectivity index (χ0n) is 11.1. The molecule has 2 N–H and O–H groups in total. The Hall–Kier alpha value is -1.30. The summed E-state index contributed by atoms with van der Waals surface area (Å²) in [6.07, 6.45) is 1.92. The van der Waals surface area contributed by atoms with Crippen LogP contribution < -0.4 is 5.32 Å². The van der Waals surface area contributed by atoms with Crippen molar-refractivity contribution in [3.63, 3.8) is 0 Å². The van der Waals surface area contributed by atoms with E-state index in [-0.39, 0.29) is 24.6 Å². The van der Waals surface area contributed by atoms with Crippen molar-refractivity contribution < 1.29 is 19.4 Å². The average molecular weight is 258 g/mol. The third-order valence-electron chi connectivity index (χ3n) is 3.18. The van der Waals surface area contributed by atoms with Crippen LogP contribution in [0.1, 0.15) is 33.1 Å². The minimum atomic E-state index is -0.896. The number of carboxylic acids is 1. The fourth-order valence-electron chi connectivity index (χ4n) is 1.98. The zero-order valence-corrected chi connectivity index (χ0v) is 11.1. The van der Waals surface area contributed by atoms with Crippen LogP contribution in [-0.2, 0) is 9.53 Å². The normalized spacial score (nSPS) is 22.8. The van der Waals surface area contributed by atoms with Crippen LogP contribution in [0.2, 0.25) is 0 Å². The van der Waals surface area contributed by atoms with Gasteiger partial charge >= 0.3 is 12.0 Å². The highest BCUT2D eigenvalue weighted by Gasteiger charge is 2.30. The van der Waals surface area contributed by atoms with Gasteiger partial charge in [-0.05, 0) is 26.7 Å². The summed E-state index contributed by atoms with van der Waals surface area (Å²) in [5.74, 6) is -0.896. The van der Waals surface area contributed by atoms with Crippen LogP contribution in [0.5, 0.6) is 0 Å². The zero-order chi connectivity index (χ0) is 13.6. The Balaban J connectivity index is 2.35. The lowest BCUT2D eigenvalue weighted by molar-refractivity contribution is -0.137. The first-order valence-corrected chi connectivity index (χ1v) is 6.35. The standard InChI is InChI=1S/C12H22N2O4/c1-3-14(7-5-10(15)16)11(17)13-9-12(2)6-4-8-18-12/h3-9H2,1-2H3,(H,13,17)(H,15,16). The van der Waals surface area contributed by atoms with Gasteiger partial charge in [-0.25, -0.2) is 4.79 Å². The predicted octanol–water partition coefficient (Wildman–Crippen LogP) is 1.06. The molecule has 18 heavy (non-hydrogen) atoms. The number of carbonyl (C=O) groups is 2. The first kappa shape index (κ1) is 14.8. The van der Waals surface area contributed by atoms with Crippen molar-refractivity contribution in [3.05, 3.63) is 0 Å². The fraction of sp³-hybridized carbons (Fsp3) is 0.833. The van der Waals surface area contributed by atoms with E-state index in [2.05, 4.69) is 5.32 Å². The van der Waals surface area contributed by atoms with Gasteiger partial charge in [-0.2, -0.15) is 0 Å². The molecule has 1 aliphatic heterocycles. The predicted molar refractivity (Wildman–Crippen MR) is 66.5 cm³/mol. The molecule has 6 nitrogen and oxygen atoms in total. The number of nitrogens with zero attached hydrogens (tertiary/aromatic N) is 1. The third-order valence-corrected chi connectivity index (χ3v) is 3.18. The van der Waals surface area contributed by atoms with Gasteiger partial charge in [0, 0.05) is 26.2 Å². The second kappa shape index (κ2) is 6.58. The molecule has 1 rings (SSSR count). The summed E-state index contributed by atoms with van der Waals surface area (Å²) in [4.78, 5) is 23.8. The highest BCUT2D eigenvalue weighted by atomic mass is 16.5. The van der Waals surface area contributed by atoms with Gasteiger partial charge in [0.1, 0.15) is 0 Å². The topological polar surface area (TPSA) is 78.9 Å². The van der Waals surface area contributed by atoms with Gasteiger partial charge in [0.05, 0.1) is 12.0 Å². The monoisotopic (exact) mass is 258 g/mol. The summed E-state index contributed by atoms with van der Waals surface area (Å²) in [7, 11) is 0. The van der Waals surface area contributed by atoms with Gasteiger partial charge in [-0.3, -0.25) is 4.79 Å². The number of carbonyl (C=O) groups excluding carboxylic acids is 1. The van der Waals surface area contributed by atoms with Crippen LogP contribution in [0.25, 0.3) is 0 Å². The van der Waals surface area contributed by atoms with Gasteiger partial charge in [-0.1, -0.05) is 0 Å². The number of rotatable bonds is 6. The number of amides is 2. The van der Waals surface area contributed by atoms with Crippen molar-refractivity contribution in [1.82, 2.24) is 10.2 Å². The molecule has 0 aromatic rings. The molecule has 1 aliphatic rings. The maximum absolute atomic E-state index is 11.9. The maximum atomic E-state index is 11.9. The van der Waals surface area contributed by atoms with Crippen LogP contribution in [0.15, 0.2) is 0 Å². The molecule has 0 aromatic heterocycles. The molecule has 1 atom stereocenters. The van der Waals surface area contributed by atoms with Gasteiger partial charge in [0.15, 0.2) is 0 Å². The molecule has 0 aromatic carbocycles. The van der Waals surface area contributed by atoms with E-state index in [9.17, 15) is 9.59 Å². The van der Waals surface area contributed by atoms with E-state index in [1.807, 2.05) is 13.8 Å². The van der Waals surface area contributed by atoms with Crippen LogP contribution >= 0.6 is 0 Å². The van der Waals surface area contributed by atoms with Crippen LogP contribution in [0.4, 0.5) is 4.79 Å². The number of nitrogens with one attached hydrogen (secondary N) is 1. The molecule has 104 valence electrons. The molecule has 0 radical (unpaired) electrons. The lowest BCUT2D eigenvalue weighted by atomic mass is 10.0. The Morgan fingerprint density at radius 2 is 2.22 bits per heavy atom. The Labute approximate surface area is 107 Å². The highest BCUT2D eigenvalue weighted by molar-refractivity contribution is 5.75. The van der Waals surface area contributed by atoms with E-state index in [0.29, 0.717) is 13.1 Å². The average Bonchev–Trinajstić information content (AvgIpc) is 2.74. The van der Waals surface area contributed by atoms with E-state index in [0.717, 1.165) is 19.4 Å². The number of hydrogen-bond donors (Lipinski definition) is 2. The quantitative estimate of drug-likeness (QED) is 0.746. The van der Waals surface area contributed by atoms with Crippen LogP contribution in [0, 0.1) is 0 Å². The van der Waals surface area contributed by atoms with Crippen molar-refractivity contribution in [2.24, 2.45) is 0 Å². The largest absolute Gasteiger partial charge is 0.481 e. The SMILES string of the molecule is CCN(CCC(=O)O)C(=O)NCC1(C)CCCO1. The highest BCUT2D eigenvalue weighted by Crippen LogP contribution is 2.23. The van der Waals surface area contributed by atoms with Crippen molar-refractivity contribution in [2.45, 2.75) is 38.7 Å². The van der Waals surface area contributed by atoms with Gasteiger partial charge in [-0.15, -0.1) is 0 Å². The maximum Gasteiger partial charge on any atom is 0.317 e. The second-order valence-electron chi connectivity index (χ2n) is 4.78. The van der Waals surface area contributed by atoms with Gasteiger partial charge < -0.3 is 20.1 Å². The van der Waals surface area contributed by atoms with E-state index >= 15 is 0 Å². The Kier molecular flexibility index (Phi) is 5.40. The number of hydrogen-bond acceptors (Lipinski definition) is 3. The number of carboxylic acid groups (broad SMARTS) is 1. The minimum Gasteiger partial charge on any atom is -0.481 e. The fourth-order valence-corrected chi connectivity index (χ4v) is 1.98. The molecule has 1 fully saturated rings. The Morgan fingerprint density at radius 3 is 2.72 bits per heavy atom. The van der Waals surface area contributed by atoms with Crippen molar-refractivity contribution in [2.75, 3.05) is 26.2 Å². The van der Waals surface area contributed by atoms with Crippen LogP contribution in [-0.4, -0.2) is 53.8 Å². The van der Waals surface area contributed by atoms with Crippen molar-refractivity contribution in [3.8, 4) is 0 Å². The number of ether oxygens (including phenoxy) is 1. The van der Waals surface area contributed by atoms with E-state index < -0.39 is 5.97 Å². The molecule has 2 amide bonds. The Morgan fingerprint density at radius 1 is 1.50 bits per heavy atom. The number of aliphatic carboxylic acids is 1. The summed E-state index contributed by atoms with van der Waals surface area (Å²) < 4.78 is 5.58. The molecule has 0 spiro atoms. The molecule has 1 unspecified atom stereocenters. The minimum absolute atomic E-state index is 0.0327. The second-order valence-corrected chi connectivity index (χ2v) is 4.78. The first-order chi connectivity index (χ1) is 8.47. The van der Waals surface area contributed by atoms with E-state index in [1.54, 1.807) is 0 Å². The van der Waals surface area contributed by atoms with Crippen molar-refractivity contribution in [1.29, 1.82) is 0 Å². The van der Waals surface area contributed by atoms with E-state index in [4.69, 9.17) is 9.84 Å². The van der Waals surface area contributed by atoms with E-state index in [1.165, 1.54) is 4.90 Å². The summed E-state index contributed by atoms with van der Waals surface area (Å²) in [5, 5.41) is 11.4. The third kappa shape index (κ3) is 4.52. The molecular formula is C12H22N2O4. The molecule has 0 bridgehead atoms. The molecule has 0 aliphatic carbocycles. The molecule has 6 heteroatoms. The smallest absolute Gasteiger partial charge is 0.317 e. The lowest BCUT2D eigenvalue weighted by Crippen LogP contribution is -2.46. The van der Waals surface area contributed by atoms with Crippen molar-refractivity contribution >= 4 is 12.0 Å². The summed E-state index contributed by atoms with van der Waals surface area (Å²) in [5.41, 5.74) is -0.276. The number of urea groups is 1. The van der Waals surface area contributed by atoms with Gasteiger partial charge in [0.25, 0.3) is 0 Å². The first-order valence-electron chi connectivity index (χ1n) is 6.35. The summed E-state index contributed by atoms with van der Waals surface area (Å²) >= 11 is 0. The molecule has 1 saturated heterocycles. The molecular weight excluding hydrogens is 236 g/mol. The summed E-state index contributed by atoms with van der Waals surface area (Å²) in [6, 6.07) is -0.226. The lowest BCUT2D eigenvalue weighted by Gasteiger charge is -2.26. The van der Waals surface area contributed by atoms with Crippen LogP contribution in [0.3, 0.4) is 0 Å². The molecule has 0 saturated carbocycles.